The number of hydrogen-bond acceptors (Lipinski definition) is 2. The van der Waals surface area contributed by atoms with Crippen LogP contribution in [0.4, 0.5) is 0 Å². The molecule has 2 heterocycles. The van der Waals surface area contributed by atoms with Gasteiger partial charge in [0.05, 0.1) is 0 Å². The SMILES string of the molecule is Brc1ccc(CN2CCC3CNCC3C2)cc1Br. The second-order valence-electron chi connectivity index (χ2n) is 5.45. The highest BCUT2D eigenvalue weighted by atomic mass is 79.9. The first-order chi connectivity index (χ1) is 8.72. The monoisotopic (exact) mass is 372 g/mol. The molecule has 2 saturated heterocycles. The molecule has 1 N–H and O–H groups in total. The van der Waals surface area contributed by atoms with Gasteiger partial charge in [-0.25, -0.2) is 0 Å². The lowest BCUT2D eigenvalue weighted by Gasteiger charge is -2.34. The average molecular weight is 374 g/mol. The van der Waals surface area contributed by atoms with Gasteiger partial charge in [-0.3, -0.25) is 4.90 Å². The van der Waals surface area contributed by atoms with Gasteiger partial charge in [0.25, 0.3) is 0 Å². The molecular weight excluding hydrogens is 356 g/mol. The molecule has 2 fully saturated rings. The Morgan fingerprint density at radius 1 is 1.17 bits per heavy atom. The Bertz CT molecular complexity index is 436. The van der Waals surface area contributed by atoms with E-state index in [9.17, 15) is 0 Å². The molecule has 18 heavy (non-hydrogen) atoms. The summed E-state index contributed by atoms with van der Waals surface area (Å²) in [5.74, 6) is 1.80. The van der Waals surface area contributed by atoms with Crippen molar-refractivity contribution >= 4 is 31.9 Å². The molecule has 0 saturated carbocycles. The summed E-state index contributed by atoms with van der Waals surface area (Å²) in [6, 6.07) is 6.57. The molecule has 0 spiro atoms. The van der Waals surface area contributed by atoms with Gasteiger partial charge in [-0.1, -0.05) is 6.07 Å². The lowest BCUT2D eigenvalue weighted by molar-refractivity contribution is 0.142. The smallest absolute Gasteiger partial charge is 0.0320 e. The number of nitrogens with one attached hydrogen (secondary N) is 1. The van der Waals surface area contributed by atoms with Crippen molar-refractivity contribution < 1.29 is 0 Å². The van der Waals surface area contributed by atoms with E-state index in [1.807, 2.05) is 0 Å². The molecule has 0 bridgehead atoms. The third-order valence-electron chi connectivity index (χ3n) is 4.18. The van der Waals surface area contributed by atoms with Crippen molar-refractivity contribution in [2.24, 2.45) is 11.8 Å². The normalized spacial score (nSPS) is 28.3. The second kappa shape index (κ2) is 5.61. The van der Waals surface area contributed by atoms with Crippen molar-refractivity contribution in [2.45, 2.75) is 13.0 Å². The van der Waals surface area contributed by atoms with Crippen LogP contribution in [0, 0.1) is 11.8 Å². The van der Waals surface area contributed by atoms with E-state index >= 15 is 0 Å². The van der Waals surface area contributed by atoms with E-state index in [1.54, 1.807) is 0 Å². The summed E-state index contributed by atoms with van der Waals surface area (Å²) < 4.78 is 2.28. The highest BCUT2D eigenvalue weighted by Gasteiger charge is 2.32. The number of nitrogens with zero attached hydrogens (tertiary/aromatic N) is 1. The quantitative estimate of drug-likeness (QED) is 0.855. The summed E-state index contributed by atoms with van der Waals surface area (Å²) in [7, 11) is 0. The molecule has 2 atom stereocenters. The first-order valence-corrected chi connectivity index (χ1v) is 8.18. The Morgan fingerprint density at radius 2 is 2.00 bits per heavy atom. The molecule has 1 aromatic rings. The maximum absolute atomic E-state index is 3.58. The number of hydrogen-bond donors (Lipinski definition) is 1. The predicted octanol–water partition coefficient (Wildman–Crippen LogP) is 3.25. The highest BCUT2D eigenvalue weighted by Crippen LogP contribution is 2.29. The highest BCUT2D eigenvalue weighted by molar-refractivity contribution is 9.13. The van der Waals surface area contributed by atoms with Crippen LogP contribution in [0.5, 0.6) is 0 Å². The summed E-state index contributed by atoms with van der Waals surface area (Å²) in [5, 5.41) is 3.52. The van der Waals surface area contributed by atoms with Crippen LogP contribution in [-0.4, -0.2) is 31.1 Å². The molecule has 0 radical (unpaired) electrons. The van der Waals surface area contributed by atoms with Crippen molar-refractivity contribution in [2.75, 3.05) is 26.2 Å². The van der Waals surface area contributed by atoms with Crippen LogP contribution in [0.15, 0.2) is 27.1 Å². The van der Waals surface area contributed by atoms with Gasteiger partial charge in [0.2, 0.25) is 0 Å². The minimum atomic E-state index is 0.873. The Labute approximate surface area is 125 Å². The summed E-state index contributed by atoms with van der Waals surface area (Å²) >= 11 is 7.10. The van der Waals surface area contributed by atoms with E-state index in [-0.39, 0.29) is 0 Å². The van der Waals surface area contributed by atoms with Crippen molar-refractivity contribution in [3.8, 4) is 0 Å². The topological polar surface area (TPSA) is 15.3 Å². The largest absolute Gasteiger partial charge is 0.316 e. The molecule has 0 amide bonds. The minimum absolute atomic E-state index is 0.873. The van der Waals surface area contributed by atoms with Gasteiger partial charge in [-0.15, -0.1) is 0 Å². The first-order valence-electron chi connectivity index (χ1n) is 6.59. The zero-order valence-electron chi connectivity index (χ0n) is 10.3. The second-order valence-corrected chi connectivity index (χ2v) is 7.16. The van der Waals surface area contributed by atoms with Gasteiger partial charge in [0.1, 0.15) is 0 Å². The molecule has 4 heteroatoms. The van der Waals surface area contributed by atoms with E-state index in [4.69, 9.17) is 0 Å². The van der Waals surface area contributed by atoms with Crippen LogP contribution >= 0.6 is 31.9 Å². The maximum atomic E-state index is 3.58. The Morgan fingerprint density at radius 3 is 2.83 bits per heavy atom. The van der Waals surface area contributed by atoms with E-state index in [0.29, 0.717) is 0 Å². The molecule has 2 aliphatic heterocycles. The van der Waals surface area contributed by atoms with Gasteiger partial charge < -0.3 is 5.32 Å². The Hall–Kier alpha value is 0.1000. The number of rotatable bonds is 2. The van der Waals surface area contributed by atoms with Crippen LogP contribution in [0.2, 0.25) is 0 Å². The molecule has 1 aromatic carbocycles. The summed E-state index contributed by atoms with van der Waals surface area (Å²) in [6.45, 7) is 6.03. The van der Waals surface area contributed by atoms with E-state index < -0.39 is 0 Å². The third kappa shape index (κ3) is 2.82. The van der Waals surface area contributed by atoms with Gasteiger partial charge in [-0.05, 0) is 87.4 Å². The minimum Gasteiger partial charge on any atom is -0.316 e. The number of benzene rings is 1. The molecule has 2 nitrogen and oxygen atoms in total. The molecule has 0 aliphatic carbocycles. The molecule has 2 aliphatic rings. The molecule has 3 rings (SSSR count). The number of halogens is 2. The van der Waals surface area contributed by atoms with Crippen molar-refractivity contribution in [1.82, 2.24) is 10.2 Å². The molecular formula is C14H18Br2N2. The van der Waals surface area contributed by atoms with E-state index in [2.05, 4.69) is 60.3 Å². The van der Waals surface area contributed by atoms with E-state index in [1.165, 1.54) is 38.2 Å². The fourth-order valence-electron chi connectivity index (χ4n) is 3.15. The Balaban J connectivity index is 1.64. The molecule has 0 aromatic heterocycles. The lowest BCUT2D eigenvalue weighted by atomic mass is 9.88. The average Bonchev–Trinajstić information content (AvgIpc) is 2.81. The number of piperidine rings is 1. The standard InChI is InChI=1S/C14H18Br2N2/c15-13-2-1-10(5-14(13)16)8-18-4-3-11-6-17-7-12(11)9-18/h1-2,5,11-12,17H,3-4,6-9H2. The van der Waals surface area contributed by atoms with Crippen molar-refractivity contribution in [1.29, 1.82) is 0 Å². The number of likely N-dealkylation sites (tertiary alicyclic amines) is 1. The first kappa shape index (κ1) is 13.1. The number of fused-ring (bicyclic) bond motifs is 1. The van der Waals surface area contributed by atoms with Crippen LogP contribution in [0.1, 0.15) is 12.0 Å². The van der Waals surface area contributed by atoms with Crippen molar-refractivity contribution in [3.05, 3.63) is 32.7 Å². The summed E-state index contributed by atoms with van der Waals surface area (Å²) in [5.41, 5.74) is 1.40. The predicted molar refractivity (Wildman–Crippen MR) is 81.6 cm³/mol. The zero-order valence-corrected chi connectivity index (χ0v) is 13.5. The molecule has 98 valence electrons. The molecule has 2 unspecified atom stereocenters. The van der Waals surface area contributed by atoms with Gasteiger partial charge in [-0.2, -0.15) is 0 Å². The van der Waals surface area contributed by atoms with Gasteiger partial charge in [0, 0.05) is 22.0 Å². The fraction of sp³-hybridized carbons (Fsp3) is 0.571. The third-order valence-corrected chi connectivity index (χ3v) is 6.06. The fourth-order valence-corrected chi connectivity index (χ4v) is 3.82. The zero-order chi connectivity index (χ0) is 12.5. The van der Waals surface area contributed by atoms with Crippen molar-refractivity contribution in [3.63, 3.8) is 0 Å². The van der Waals surface area contributed by atoms with Crippen LogP contribution in [0.3, 0.4) is 0 Å². The van der Waals surface area contributed by atoms with Crippen LogP contribution in [-0.2, 0) is 6.54 Å². The van der Waals surface area contributed by atoms with Crippen LogP contribution < -0.4 is 5.32 Å². The maximum Gasteiger partial charge on any atom is 0.0320 e. The summed E-state index contributed by atoms with van der Waals surface area (Å²) in [6.07, 6.45) is 1.36. The lowest BCUT2D eigenvalue weighted by Crippen LogP contribution is -2.39. The summed E-state index contributed by atoms with van der Waals surface area (Å²) in [4.78, 5) is 2.60. The Kier molecular flexibility index (Phi) is 4.09. The van der Waals surface area contributed by atoms with E-state index in [0.717, 1.165) is 27.3 Å². The van der Waals surface area contributed by atoms with Gasteiger partial charge >= 0.3 is 0 Å². The van der Waals surface area contributed by atoms with Crippen LogP contribution in [0.25, 0.3) is 0 Å². The van der Waals surface area contributed by atoms with Gasteiger partial charge in [0.15, 0.2) is 0 Å².